The predicted octanol–water partition coefficient (Wildman–Crippen LogP) is 2.52. The Labute approximate surface area is 122 Å². The van der Waals surface area contributed by atoms with Crippen molar-refractivity contribution >= 4 is 21.6 Å². The van der Waals surface area contributed by atoms with Crippen molar-refractivity contribution in [1.29, 1.82) is 0 Å². The van der Waals surface area contributed by atoms with E-state index >= 15 is 0 Å². The van der Waals surface area contributed by atoms with E-state index in [1.54, 1.807) is 0 Å². The highest BCUT2D eigenvalue weighted by Gasteiger charge is 2.15. The average molecular weight is 312 g/mol. The van der Waals surface area contributed by atoms with Crippen LogP contribution in [-0.4, -0.2) is 39.3 Å². The smallest absolute Gasteiger partial charge is 0.211 e. The van der Waals surface area contributed by atoms with E-state index in [0.717, 1.165) is 19.3 Å². The number of nitrogens with one attached hydrogen (secondary N) is 1. The van der Waals surface area contributed by atoms with Gasteiger partial charge in [-0.15, -0.1) is 11.6 Å². The molecule has 1 fully saturated rings. The number of alkyl halides is 1. The Morgan fingerprint density at radius 2 is 2.00 bits per heavy atom. The molecule has 1 aliphatic rings. The predicted molar refractivity (Wildman–Crippen MR) is 79.1 cm³/mol. The van der Waals surface area contributed by atoms with Crippen LogP contribution in [0.3, 0.4) is 0 Å². The lowest BCUT2D eigenvalue weighted by molar-refractivity contribution is 0.0278. The zero-order valence-electron chi connectivity index (χ0n) is 11.7. The summed E-state index contributed by atoms with van der Waals surface area (Å²) in [5, 5.41) is 0. The summed E-state index contributed by atoms with van der Waals surface area (Å²) in [6, 6.07) is 0. The largest absolute Gasteiger partial charge is 0.378 e. The average Bonchev–Trinajstić information content (AvgIpc) is 2.38. The second kappa shape index (κ2) is 9.16. The van der Waals surface area contributed by atoms with Crippen LogP contribution in [0.15, 0.2) is 0 Å². The van der Waals surface area contributed by atoms with E-state index in [4.69, 9.17) is 16.3 Å². The fourth-order valence-corrected chi connectivity index (χ4v) is 3.94. The molecule has 0 heterocycles. The van der Waals surface area contributed by atoms with E-state index < -0.39 is 10.0 Å². The molecule has 0 spiro atoms. The van der Waals surface area contributed by atoms with Crippen molar-refractivity contribution in [3.05, 3.63) is 0 Å². The van der Waals surface area contributed by atoms with Gasteiger partial charge >= 0.3 is 0 Å². The number of sulfonamides is 1. The van der Waals surface area contributed by atoms with Crippen molar-refractivity contribution in [1.82, 2.24) is 4.72 Å². The van der Waals surface area contributed by atoms with E-state index in [1.165, 1.54) is 19.3 Å². The Kier molecular flexibility index (Phi) is 8.30. The minimum Gasteiger partial charge on any atom is -0.378 e. The summed E-state index contributed by atoms with van der Waals surface area (Å²) in [5.74, 6) is 0.448. The SMILES string of the molecule is CC(CCl)CS(=O)(=O)NCCCOC1CCCCC1. The molecule has 1 saturated carbocycles. The van der Waals surface area contributed by atoms with E-state index in [9.17, 15) is 8.42 Å². The van der Waals surface area contributed by atoms with Crippen LogP contribution in [0.2, 0.25) is 0 Å². The van der Waals surface area contributed by atoms with Gasteiger partial charge in [-0.2, -0.15) is 0 Å². The van der Waals surface area contributed by atoms with Crippen molar-refractivity contribution in [3.63, 3.8) is 0 Å². The van der Waals surface area contributed by atoms with Gasteiger partial charge in [0.05, 0.1) is 11.9 Å². The van der Waals surface area contributed by atoms with Crippen LogP contribution in [0.25, 0.3) is 0 Å². The number of hydrogen-bond acceptors (Lipinski definition) is 3. The summed E-state index contributed by atoms with van der Waals surface area (Å²) in [4.78, 5) is 0. The third-order valence-electron chi connectivity index (χ3n) is 3.32. The van der Waals surface area contributed by atoms with Crippen LogP contribution in [0.4, 0.5) is 0 Å². The molecule has 0 radical (unpaired) electrons. The van der Waals surface area contributed by atoms with Gasteiger partial charge in [0, 0.05) is 19.0 Å². The molecule has 1 atom stereocenters. The Hall–Kier alpha value is 0.160. The van der Waals surface area contributed by atoms with Gasteiger partial charge in [-0.25, -0.2) is 13.1 Å². The van der Waals surface area contributed by atoms with Gasteiger partial charge in [0.2, 0.25) is 10.0 Å². The molecule has 114 valence electrons. The van der Waals surface area contributed by atoms with Crippen LogP contribution in [-0.2, 0) is 14.8 Å². The van der Waals surface area contributed by atoms with E-state index in [0.29, 0.717) is 25.1 Å². The third kappa shape index (κ3) is 8.12. The van der Waals surface area contributed by atoms with E-state index in [1.807, 2.05) is 6.92 Å². The molecule has 1 aliphatic carbocycles. The lowest BCUT2D eigenvalue weighted by Crippen LogP contribution is -2.31. The zero-order chi connectivity index (χ0) is 14.1. The van der Waals surface area contributed by atoms with Crippen LogP contribution in [0, 0.1) is 5.92 Å². The number of halogens is 1. The lowest BCUT2D eigenvalue weighted by atomic mass is 9.98. The molecular formula is C13H26ClNO3S. The standard InChI is InChI=1S/C13H26ClNO3S/c1-12(10-14)11-19(16,17)15-8-5-9-18-13-6-3-2-4-7-13/h12-13,15H,2-11H2,1H3. The maximum atomic E-state index is 11.7. The summed E-state index contributed by atoms with van der Waals surface area (Å²) in [5.41, 5.74) is 0. The number of ether oxygens (including phenoxy) is 1. The third-order valence-corrected chi connectivity index (χ3v) is 5.49. The summed E-state index contributed by atoms with van der Waals surface area (Å²) in [7, 11) is -3.19. The molecule has 19 heavy (non-hydrogen) atoms. The van der Waals surface area contributed by atoms with Crippen LogP contribution < -0.4 is 4.72 Å². The van der Waals surface area contributed by atoms with Crippen molar-refractivity contribution in [2.24, 2.45) is 5.92 Å². The Morgan fingerprint density at radius 3 is 2.63 bits per heavy atom. The van der Waals surface area contributed by atoms with E-state index in [2.05, 4.69) is 4.72 Å². The molecule has 1 N–H and O–H groups in total. The van der Waals surface area contributed by atoms with Crippen molar-refractivity contribution in [3.8, 4) is 0 Å². The Morgan fingerprint density at radius 1 is 1.32 bits per heavy atom. The first kappa shape index (κ1) is 17.2. The molecule has 0 aromatic heterocycles. The maximum Gasteiger partial charge on any atom is 0.211 e. The second-order valence-corrected chi connectivity index (χ2v) is 7.58. The quantitative estimate of drug-likeness (QED) is 0.526. The first-order valence-corrected chi connectivity index (χ1v) is 9.37. The number of rotatable bonds is 9. The highest BCUT2D eigenvalue weighted by molar-refractivity contribution is 7.89. The first-order valence-electron chi connectivity index (χ1n) is 7.18. The van der Waals surface area contributed by atoms with Gasteiger partial charge < -0.3 is 4.74 Å². The topological polar surface area (TPSA) is 55.4 Å². The second-order valence-electron chi connectivity index (χ2n) is 5.42. The summed E-state index contributed by atoms with van der Waals surface area (Å²) in [6.07, 6.45) is 7.25. The van der Waals surface area contributed by atoms with Gasteiger partial charge in [-0.05, 0) is 25.2 Å². The molecule has 1 unspecified atom stereocenters. The molecule has 0 aromatic carbocycles. The van der Waals surface area contributed by atoms with Crippen molar-refractivity contribution < 1.29 is 13.2 Å². The molecule has 6 heteroatoms. The van der Waals surface area contributed by atoms with Gasteiger partial charge in [-0.1, -0.05) is 26.2 Å². The molecule has 4 nitrogen and oxygen atoms in total. The molecule has 0 amide bonds. The fourth-order valence-electron chi connectivity index (χ4n) is 2.26. The van der Waals surface area contributed by atoms with Crippen LogP contribution in [0.5, 0.6) is 0 Å². The van der Waals surface area contributed by atoms with Crippen LogP contribution >= 0.6 is 11.6 Å². The summed E-state index contributed by atoms with van der Waals surface area (Å²) in [6.45, 7) is 2.92. The number of hydrogen-bond donors (Lipinski definition) is 1. The van der Waals surface area contributed by atoms with Gasteiger partial charge in [0.25, 0.3) is 0 Å². The van der Waals surface area contributed by atoms with Gasteiger partial charge in [-0.3, -0.25) is 0 Å². The highest BCUT2D eigenvalue weighted by Crippen LogP contribution is 2.20. The van der Waals surface area contributed by atoms with Gasteiger partial charge in [0.15, 0.2) is 0 Å². The molecule has 0 bridgehead atoms. The lowest BCUT2D eigenvalue weighted by Gasteiger charge is -2.21. The summed E-state index contributed by atoms with van der Waals surface area (Å²) < 4.78 is 31.6. The molecule has 0 saturated heterocycles. The minimum absolute atomic E-state index is 0.0161. The molecule has 1 rings (SSSR count). The molecule has 0 aromatic rings. The maximum absolute atomic E-state index is 11.7. The monoisotopic (exact) mass is 311 g/mol. The fraction of sp³-hybridized carbons (Fsp3) is 1.00. The first-order chi connectivity index (χ1) is 9.03. The van der Waals surface area contributed by atoms with Crippen molar-refractivity contribution in [2.45, 2.75) is 51.6 Å². The van der Waals surface area contributed by atoms with E-state index in [-0.39, 0.29) is 11.7 Å². The zero-order valence-corrected chi connectivity index (χ0v) is 13.3. The summed E-state index contributed by atoms with van der Waals surface area (Å²) >= 11 is 5.62. The Bertz CT molecular complexity index is 329. The Balaban J connectivity index is 2.06. The molecular weight excluding hydrogens is 286 g/mol. The molecule has 0 aliphatic heterocycles. The van der Waals surface area contributed by atoms with Crippen molar-refractivity contribution in [2.75, 3.05) is 24.8 Å². The normalized spacial score (nSPS) is 19.5. The van der Waals surface area contributed by atoms with Gasteiger partial charge in [0.1, 0.15) is 0 Å². The van der Waals surface area contributed by atoms with Crippen LogP contribution in [0.1, 0.15) is 45.4 Å². The minimum atomic E-state index is -3.19. The highest BCUT2D eigenvalue weighted by atomic mass is 35.5.